The molecule has 0 radical (unpaired) electrons. The lowest BCUT2D eigenvalue weighted by Crippen LogP contribution is -2.31. The maximum Gasteiger partial charge on any atom is 0.162 e. The Hall–Kier alpha value is -4.80. The molecule has 0 fully saturated rings. The molecule has 336 valence electrons. The third kappa shape index (κ3) is 6.73. The van der Waals surface area contributed by atoms with Gasteiger partial charge in [0.2, 0.25) is 0 Å². The monoisotopic (exact) mass is 851 g/mol. The first kappa shape index (κ1) is 45.2. The minimum atomic E-state index is -0.459. The highest BCUT2D eigenvalue weighted by atomic mass is 16.3. The molecule has 4 aromatic carbocycles. The minimum Gasteiger partial charge on any atom is -0.504 e. The van der Waals surface area contributed by atoms with Gasteiger partial charge < -0.3 is 40.9 Å². The molecule has 4 aliphatic carbocycles. The predicted molar refractivity (Wildman–Crippen MR) is 244 cm³/mol. The Morgan fingerprint density at radius 3 is 0.935 bits per heavy atom. The molecule has 4 aliphatic rings. The van der Waals surface area contributed by atoms with Crippen LogP contribution in [0.5, 0.6) is 46.0 Å². The van der Waals surface area contributed by atoms with Gasteiger partial charge in [-0.3, -0.25) is 9.80 Å². The summed E-state index contributed by atoms with van der Waals surface area (Å²) >= 11 is 0. The summed E-state index contributed by atoms with van der Waals surface area (Å²) in [5.41, 5.74) is 8.28. The van der Waals surface area contributed by atoms with Crippen molar-refractivity contribution < 1.29 is 40.9 Å². The van der Waals surface area contributed by atoms with Crippen LogP contribution in [0.1, 0.15) is 164 Å². The van der Waals surface area contributed by atoms with Crippen molar-refractivity contribution in [2.24, 2.45) is 0 Å². The topological polar surface area (TPSA) is 168 Å². The fourth-order valence-corrected chi connectivity index (χ4v) is 12.8. The number of benzene rings is 4. The van der Waals surface area contributed by atoms with E-state index < -0.39 is 5.41 Å². The third-order valence-corrected chi connectivity index (χ3v) is 15.4. The highest BCUT2D eigenvalue weighted by Gasteiger charge is 2.60. The number of hydrogen-bond acceptors (Lipinski definition) is 10. The van der Waals surface area contributed by atoms with Crippen molar-refractivity contribution in [1.29, 1.82) is 0 Å². The van der Waals surface area contributed by atoms with Gasteiger partial charge in [0, 0.05) is 35.0 Å². The number of phenolic OH excluding ortho intramolecular Hbond substituents is 8. The largest absolute Gasteiger partial charge is 0.504 e. The molecule has 0 aromatic heterocycles. The molecule has 0 saturated carbocycles. The molecule has 0 unspecified atom stereocenters. The first-order valence-electron chi connectivity index (χ1n) is 22.5. The van der Waals surface area contributed by atoms with Crippen molar-refractivity contribution in [3.63, 3.8) is 0 Å². The first-order valence-corrected chi connectivity index (χ1v) is 22.5. The standard InChI is InChI=1S/C31H46N2O4.C21H24O4/c1-9-32(10-2)15-19-25-21(13-23(34)27(19)36)29(5,6)17-31(25)18-30(7,8)22-14-24(35)28(37)20(26(22)31)16-33(11-3)12-4;1-19(2)9-21(13-7-17(24)15(22)5-11(13)19)10-20(3,4)12-6-16(23)18(25)8-14(12)21/h13-14,34-37H,9-12,15-18H2,1-8H3;5-8,22-25H,9-10H2,1-4H3. The Morgan fingerprint density at radius 2 is 0.629 bits per heavy atom. The molecular weight excluding hydrogens is 781 g/mol. The number of hydrogen-bond donors (Lipinski definition) is 8. The summed E-state index contributed by atoms with van der Waals surface area (Å²) < 4.78 is 0. The first-order chi connectivity index (χ1) is 28.8. The van der Waals surface area contributed by atoms with Crippen LogP contribution in [0.2, 0.25) is 0 Å². The van der Waals surface area contributed by atoms with E-state index in [0.29, 0.717) is 13.1 Å². The van der Waals surface area contributed by atoms with Crippen LogP contribution in [0.15, 0.2) is 36.4 Å². The Balaban J connectivity index is 0.000000200. The van der Waals surface area contributed by atoms with Crippen molar-refractivity contribution in [2.75, 3.05) is 26.2 Å². The van der Waals surface area contributed by atoms with Gasteiger partial charge in [0.25, 0.3) is 0 Å². The van der Waals surface area contributed by atoms with Gasteiger partial charge in [-0.15, -0.1) is 0 Å². The third-order valence-electron chi connectivity index (χ3n) is 15.4. The summed E-state index contributed by atoms with van der Waals surface area (Å²) in [6, 6.07) is 10.2. The average molecular weight is 851 g/mol. The van der Waals surface area contributed by atoms with Crippen LogP contribution in [0.25, 0.3) is 0 Å². The Morgan fingerprint density at radius 1 is 0.371 bits per heavy atom. The Labute approximate surface area is 368 Å². The molecule has 62 heavy (non-hydrogen) atoms. The molecule has 10 heteroatoms. The smallest absolute Gasteiger partial charge is 0.162 e. The van der Waals surface area contributed by atoms with Crippen LogP contribution in [-0.4, -0.2) is 76.8 Å². The molecule has 0 heterocycles. The van der Waals surface area contributed by atoms with Crippen LogP contribution < -0.4 is 0 Å². The molecular formula is C52H70N2O8. The molecule has 4 aromatic rings. The highest BCUT2D eigenvalue weighted by Crippen LogP contribution is 2.68. The van der Waals surface area contributed by atoms with E-state index in [1.54, 1.807) is 36.4 Å². The molecule has 0 aliphatic heterocycles. The van der Waals surface area contributed by atoms with Crippen LogP contribution >= 0.6 is 0 Å². The average Bonchev–Trinajstić information content (AvgIpc) is 3.72. The molecule has 0 amide bonds. The molecule has 8 rings (SSSR count). The second kappa shape index (κ2) is 14.9. The van der Waals surface area contributed by atoms with Crippen molar-refractivity contribution in [3.8, 4) is 46.0 Å². The second-order valence-electron chi connectivity index (χ2n) is 21.4. The number of aromatic hydroxyl groups is 8. The maximum atomic E-state index is 11.3. The van der Waals surface area contributed by atoms with Crippen molar-refractivity contribution >= 4 is 0 Å². The number of rotatable bonds is 8. The van der Waals surface area contributed by atoms with Crippen LogP contribution in [-0.2, 0) is 45.6 Å². The summed E-state index contributed by atoms with van der Waals surface area (Å²) in [7, 11) is 0. The maximum absolute atomic E-state index is 11.3. The van der Waals surface area contributed by atoms with Crippen LogP contribution in [0.4, 0.5) is 0 Å². The molecule has 8 N–H and O–H groups in total. The Bertz CT molecular complexity index is 2270. The van der Waals surface area contributed by atoms with Gasteiger partial charge in [0.05, 0.1) is 0 Å². The summed E-state index contributed by atoms with van der Waals surface area (Å²) in [6.45, 7) is 30.3. The van der Waals surface area contributed by atoms with Crippen molar-refractivity contribution in [3.05, 3.63) is 92.0 Å². The van der Waals surface area contributed by atoms with E-state index in [2.05, 4.69) is 92.9 Å². The van der Waals surface area contributed by atoms with E-state index in [-0.39, 0.29) is 73.1 Å². The Kier molecular flexibility index (Phi) is 10.9. The van der Waals surface area contributed by atoms with E-state index in [0.717, 1.165) is 107 Å². The lowest BCUT2D eigenvalue weighted by atomic mass is 9.70. The molecule has 2 spiro atoms. The summed E-state index contributed by atoms with van der Waals surface area (Å²) in [4.78, 5) is 4.53. The zero-order valence-corrected chi connectivity index (χ0v) is 39.0. The summed E-state index contributed by atoms with van der Waals surface area (Å²) in [6.07, 6.45) is 3.24. The van der Waals surface area contributed by atoms with Gasteiger partial charge in [-0.1, -0.05) is 83.1 Å². The summed E-state index contributed by atoms with van der Waals surface area (Å²) in [5, 5.41) is 84.6. The normalized spacial score (nSPS) is 19.7. The van der Waals surface area contributed by atoms with Gasteiger partial charge in [-0.05, 0) is 154 Å². The van der Waals surface area contributed by atoms with Gasteiger partial charge in [-0.2, -0.15) is 0 Å². The summed E-state index contributed by atoms with van der Waals surface area (Å²) in [5.74, 6) is -0.662. The van der Waals surface area contributed by atoms with E-state index in [4.69, 9.17) is 0 Å². The second-order valence-corrected chi connectivity index (χ2v) is 21.4. The zero-order chi connectivity index (χ0) is 45.9. The van der Waals surface area contributed by atoms with E-state index in [1.165, 1.54) is 0 Å². The molecule has 0 saturated heterocycles. The van der Waals surface area contributed by atoms with Crippen LogP contribution in [0.3, 0.4) is 0 Å². The van der Waals surface area contributed by atoms with Gasteiger partial charge in [0.1, 0.15) is 0 Å². The fraction of sp³-hybridized carbons (Fsp3) is 0.538. The van der Waals surface area contributed by atoms with Crippen LogP contribution in [0, 0.1) is 0 Å². The predicted octanol–water partition coefficient (Wildman–Crippen LogP) is 10.00. The number of phenols is 8. The van der Waals surface area contributed by atoms with Crippen molar-refractivity contribution in [2.45, 2.75) is 154 Å². The highest BCUT2D eigenvalue weighted by molar-refractivity contribution is 5.71. The van der Waals surface area contributed by atoms with E-state index in [1.807, 2.05) is 0 Å². The van der Waals surface area contributed by atoms with Gasteiger partial charge in [-0.25, -0.2) is 0 Å². The van der Waals surface area contributed by atoms with Gasteiger partial charge in [0.15, 0.2) is 46.0 Å². The van der Waals surface area contributed by atoms with Crippen molar-refractivity contribution in [1.82, 2.24) is 9.80 Å². The lowest BCUT2D eigenvalue weighted by molar-refractivity contribution is 0.279. The minimum absolute atomic E-state index is 0.0396. The molecule has 10 nitrogen and oxygen atoms in total. The lowest BCUT2D eigenvalue weighted by Gasteiger charge is -2.35. The van der Waals surface area contributed by atoms with Gasteiger partial charge >= 0.3 is 0 Å². The molecule has 0 atom stereocenters. The SMILES string of the molecule is CC1(C)CC2(CC(C)(C)c3cc(O)c(O)cc32)c2cc(O)c(O)cc21.CCN(CC)Cc1c(O)c(O)cc2c1C1(CC2(C)C)CC(C)(C)c2cc(O)c(O)c(CN(CC)CC)c21. The zero-order valence-electron chi connectivity index (χ0n) is 39.0. The van der Waals surface area contributed by atoms with E-state index >= 15 is 0 Å². The number of fused-ring (bicyclic) bond motifs is 8. The fourth-order valence-electron chi connectivity index (χ4n) is 12.8. The molecule has 0 bridgehead atoms. The number of nitrogens with zero attached hydrogens (tertiary/aromatic N) is 2. The quantitative estimate of drug-likeness (QED) is 0.0800. The van der Waals surface area contributed by atoms with E-state index in [9.17, 15) is 40.9 Å².